The van der Waals surface area contributed by atoms with E-state index in [1.807, 2.05) is 6.07 Å². The van der Waals surface area contributed by atoms with E-state index in [1.54, 1.807) is 0 Å². The molecule has 0 saturated carbocycles. The molecule has 14 heteroatoms. The molecular weight excluding hydrogens is 539 g/mol. The predicted octanol–water partition coefficient (Wildman–Crippen LogP) is 3.56. The van der Waals surface area contributed by atoms with Gasteiger partial charge in [-0.25, -0.2) is 14.4 Å². The Hall–Kier alpha value is -4.90. The van der Waals surface area contributed by atoms with Gasteiger partial charge in [-0.05, 0) is 42.8 Å². The summed E-state index contributed by atoms with van der Waals surface area (Å²) in [5, 5.41) is 27.4. The van der Waals surface area contributed by atoms with Crippen LogP contribution in [-0.2, 0) is 30.0 Å². The third-order valence-electron chi connectivity index (χ3n) is 5.75. The lowest BCUT2D eigenvalue weighted by atomic mass is 9.92. The number of carboxylic acid groups (broad SMARTS) is 2. The number of nitriles is 1. The van der Waals surface area contributed by atoms with Crippen LogP contribution in [0.3, 0.4) is 0 Å². The minimum atomic E-state index is -4.75. The molecule has 2 N–H and O–H groups in total. The van der Waals surface area contributed by atoms with Crippen LogP contribution in [0.2, 0.25) is 0 Å². The van der Waals surface area contributed by atoms with E-state index in [1.165, 1.54) is 37.3 Å². The number of carbonyl (C=O) groups is 4. The highest BCUT2D eigenvalue weighted by atomic mass is 19.4. The van der Waals surface area contributed by atoms with Crippen LogP contribution >= 0.6 is 0 Å². The summed E-state index contributed by atoms with van der Waals surface area (Å²) in [5.41, 5.74) is -1.28. The molecule has 1 heterocycles. The fraction of sp³-hybridized carbons (Fsp3) is 0.269. The van der Waals surface area contributed by atoms with Crippen molar-refractivity contribution in [2.75, 3.05) is 31.3 Å². The van der Waals surface area contributed by atoms with Crippen molar-refractivity contribution in [3.05, 3.63) is 76.5 Å². The summed E-state index contributed by atoms with van der Waals surface area (Å²) in [5.74, 6) is -3.77. The van der Waals surface area contributed by atoms with Crippen molar-refractivity contribution in [1.29, 1.82) is 5.26 Å². The molecule has 2 amide bonds. The lowest BCUT2D eigenvalue weighted by Gasteiger charge is -2.42. The molecular formula is C26H22F3N3O8. The Morgan fingerprint density at radius 3 is 2.30 bits per heavy atom. The summed E-state index contributed by atoms with van der Waals surface area (Å²) in [4.78, 5) is 51.0. The van der Waals surface area contributed by atoms with Gasteiger partial charge < -0.3 is 24.6 Å². The van der Waals surface area contributed by atoms with Crippen LogP contribution in [0.4, 0.5) is 23.7 Å². The molecule has 0 bridgehead atoms. The lowest BCUT2D eigenvalue weighted by molar-refractivity contribution is -0.146. The van der Waals surface area contributed by atoms with E-state index < -0.39 is 61.5 Å². The minimum Gasteiger partial charge on any atom is -0.480 e. The molecule has 0 aromatic heterocycles. The Balaban J connectivity index is 2.16. The van der Waals surface area contributed by atoms with Gasteiger partial charge in [-0.1, -0.05) is 18.2 Å². The number of carboxylic acids is 2. The Morgan fingerprint density at radius 1 is 1.05 bits per heavy atom. The molecule has 210 valence electrons. The van der Waals surface area contributed by atoms with Gasteiger partial charge in [0.15, 0.2) is 0 Å². The van der Waals surface area contributed by atoms with Crippen molar-refractivity contribution >= 4 is 29.6 Å². The zero-order valence-electron chi connectivity index (χ0n) is 20.8. The van der Waals surface area contributed by atoms with E-state index in [2.05, 4.69) is 0 Å². The third kappa shape index (κ3) is 6.75. The van der Waals surface area contributed by atoms with Gasteiger partial charge in [-0.3, -0.25) is 9.69 Å². The number of rotatable bonds is 10. The summed E-state index contributed by atoms with van der Waals surface area (Å²) in [7, 11) is 0. The molecule has 0 spiro atoms. The third-order valence-corrected chi connectivity index (χ3v) is 5.75. The van der Waals surface area contributed by atoms with E-state index in [9.17, 15) is 37.5 Å². The van der Waals surface area contributed by atoms with Crippen molar-refractivity contribution < 1.29 is 52.0 Å². The Labute approximate surface area is 225 Å². The first-order valence-electron chi connectivity index (χ1n) is 11.5. The maximum atomic E-state index is 13.7. The largest absolute Gasteiger partial charge is 0.480 e. The summed E-state index contributed by atoms with van der Waals surface area (Å²) in [6, 6.07) is 8.85. The molecule has 1 aliphatic rings. The summed E-state index contributed by atoms with van der Waals surface area (Å²) < 4.78 is 50.4. The zero-order chi connectivity index (χ0) is 29.6. The highest BCUT2D eigenvalue weighted by Gasteiger charge is 2.44. The number of ether oxygens (including phenoxy) is 2. The van der Waals surface area contributed by atoms with Gasteiger partial charge in [-0.15, -0.1) is 0 Å². The average molecular weight is 561 g/mol. The Kier molecular flexibility index (Phi) is 9.12. The summed E-state index contributed by atoms with van der Waals surface area (Å²) in [6.07, 6.45) is -4.75. The van der Waals surface area contributed by atoms with Crippen molar-refractivity contribution in [3.8, 4) is 6.07 Å². The second-order valence-corrected chi connectivity index (χ2v) is 8.41. The number of allylic oxidation sites excluding steroid dienone is 1. The molecule has 11 nitrogen and oxygen atoms in total. The number of hydrogen-bond acceptors (Lipinski definition) is 7. The summed E-state index contributed by atoms with van der Waals surface area (Å²) >= 11 is 0. The number of aliphatic carboxylic acids is 2. The SMILES string of the molecule is CC1=C(C(=O)OCCOCC(=O)O)[C@@H](c2ccc(C#N)cc2)N(CC(=O)O)C(=O)N1c1cccc(C(F)(F)F)c1. The fourth-order valence-corrected chi connectivity index (χ4v) is 4.06. The molecule has 0 aliphatic carbocycles. The van der Waals surface area contributed by atoms with E-state index in [-0.39, 0.29) is 34.7 Å². The molecule has 1 atom stereocenters. The van der Waals surface area contributed by atoms with Crippen molar-refractivity contribution in [2.45, 2.75) is 19.1 Å². The minimum absolute atomic E-state index is 0.128. The molecule has 1 aliphatic heterocycles. The number of alkyl halides is 3. The lowest BCUT2D eigenvalue weighted by Crippen LogP contribution is -2.52. The predicted molar refractivity (Wildman–Crippen MR) is 130 cm³/mol. The number of nitrogens with zero attached hydrogens (tertiary/aromatic N) is 3. The number of urea groups is 1. The fourth-order valence-electron chi connectivity index (χ4n) is 4.06. The van der Waals surface area contributed by atoms with E-state index in [0.717, 1.165) is 21.9 Å². The number of anilines is 1. The molecule has 0 fully saturated rings. The standard InChI is InChI=1S/C26H22F3N3O8/c1-15-22(24(37)40-10-9-39-14-21(35)36)23(17-7-5-16(12-30)6-8-17)31(13-20(33)34)25(38)32(15)19-4-2-3-18(11-19)26(27,28)29/h2-8,11,23H,9-10,13-14H2,1H3,(H,33,34)(H,35,36)/t23-/m1/s1. The first-order chi connectivity index (χ1) is 18.8. The highest BCUT2D eigenvalue weighted by molar-refractivity contribution is 6.04. The normalized spacial score (nSPS) is 15.6. The second kappa shape index (κ2) is 12.3. The van der Waals surface area contributed by atoms with E-state index in [0.29, 0.717) is 6.07 Å². The summed E-state index contributed by atoms with van der Waals surface area (Å²) in [6.45, 7) is -1.02. The van der Waals surface area contributed by atoms with Gasteiger partial charge in [-0.2, -0.15) is 18.4 Å². The van der Waals surface area contributed by atoms with Crippen molar-refractivity contribution in [3.63, 3.8) is 0 Å². The highest BCUT2D eigenvalue weighted by Crippen LogP contribution is 2.41. The van der Waals surface area contributed by atoms with E-state index in [4.69, 9.17) is 19.8 Å². The molecule has 3 rings (SSSR count). The molecule has 40 heavy (non-hydrogen) atoms. The maximum absolute atomic E-state index is 13.7. The Morgan fingerprint density at radius 2 is 1.73 bits per heavy atom. The van der Waals surface area contributed by atoms with E-state index >= 15 is 0 Å². The van der Waals surface area contributed by atoms with Gasteiger partial charge >= 0.3 is 30.1 Å². The Bertz CT molecular complexity index is 1380. The first kappa shape index (κ1) is 29.7. The number of benzene rings is 2. The van der Waals surface area contributed by atoms with Gasteiger partial charge in [0.25, 0.3) is 0 Å². The van der Waals surface area contributed by atoms with Crippen molar-refractivity contribution in [1.82, 2.24) is 4.90 Å². The van der Waals surface area contributed by atoms with Gasteiger partial charge in [0.2, 0.25) is 0 Å². The van der Waals surface area contributed by atoms with Crippen LogP contribution in [0.5, 0.6) is 0 Å². The van der Waals surface area contributed by atoms with Crippen LogP contribution in [0, 0.1) is 11.3 Å². The second-order valence-electron chi connectivity index (χ2n) is 8.41. The molecule has 2 aromatic rings. The quantitative estimate of drug-likeness (QED) is 0.327. The first-order valence-corrected chi connectivity index (χ1v) is 11.5. The number of hydrogen-bond donors (Lipinski definition) is 2. The maximum Gasteiger partial charge on any atom is 0.416 e. The smallest absolute Gasteiger partial charge is 0.416 e. The van der Waals surface area contributed by atoms with Crippen LogP contribution in [0.15, 0.2) is 59.8 Å². The monoisotopic (exact) mass is 561 g/mol. The van der Waals surface area contributed by atoms with Crippen LogP contribution < -0.4 is 4.90 Å². The van der Waals surface area contributed by atoms with Crippen LogP contribution in [-0.4, -0.2) is 65.4 Å². The van der Waals surface area contributed by atoms with Crippen molar-refractivity contribution in [2.24, 2.45) is 0 Å². The number of halogens is 3. The molecule has 0 unspecified atom stereocenters. The molecule has 0 saturated heterocycles. The zero-order valence-corrected chi connectivity index (χ0v) is 20.8. The van der Waals surface area contributed by atoms with Gasteiger partial charge in [0, 0.05) is 5.70 Å². The number of amides is 2. The van der Waals surface area contributed by atoms with Gasteiger partial charge in [0.05, 0.1) is 41.1 Å². The molecule has 2 aromatic carbocycles. The number of esters is 1. The van der Waals surface area contributed by atoms with Gasteiger partial charge in [0.1, 0.15) is 19.8 Å². The topological polar surface area (TPSA) is 157 Å². The van der Waals surface area contributed by atoms with Crippen LogP contribution in [0.1, 0.15) is 29.7 Å². The molecule has 0 radical (unpaired) electrons. The number of carbonyl (C=O) groups excluding carboxylic acids is 2. The average Bonchev–Trinajstić information content (AvgIpc) is 2.89. The van der Waals surface area contributed by atoms with Crippen LogP contribution in [0.25, 0.3) is 0 Å².